The average molecular weight is 426 g/mol. The Morgan fingerprint density at radius 3 is 2.53 bits per heavy atom. The van der Waals surface area contributed by atoms with Crippen molar-refractivity contribution >= 4 is 17.5 Å². The van der Waals surface area contributed by atoms with E-state index in [0.717, 1.165) is 5.56 Å². The molecule has 1 N–H and O–H groups in total. The maximum atomic E-state index is 12.9. The lowest BCUT2D eigenvalue weighted by molar-refractivity contribution is -0.185. The molecule has 164 valence electrons. The van der Waals surface area contributed by atoms with Crippen molar-refractivity contribution in [2.45, 2.75) is 63.3 Å². The van der Waals surface area contributed by atoms with E-state index in [4.69, 9.17) is 9.47 Å². The van der Waals surface area contributed by atoms with Crippen molar-refractivity contribution in [3.05, 3.63) is 17.7 Å². The second-order valence-corrected chi connectivity index (χ2v) is 8.24. The fourth-order valence-electron chi connectivity index (χ4n) is 4.47. The SMILES string of the molecule is CN1C(=O)CC[C@H]1C(=O)Nc1cc(O[C@H]2CC[C@@H](C(F)(F)F)CC2)cc2c1OCC2. The fourth-order valence-corrected chi connectivity index (χ4v) is 4.47. The molecule has 6 nitrogen and oxygen atoms in total. The van der Waals surface area contributed by atoms with Crippen LogP contribution in [0.4, 0.5) is 18.9 Å². The average Bonchev–Trinajstić information content (AvgIpc) is 3.28. The fraction of sp³-hybridized carbons (Fsp3) is 0.619. The number of fused-ring (bicyclic) bond motifs is 1. The normalized spacial score (nSPS) is 26.3. The number of ether oxygens (including phenoxy) is 2. The van der Waals surface area contributed by atoms with Gasteiger partial charge in [0.2, 0.25) is 11.8 Å². The van der Waals surface area contributed by atoms with Crippen LogP contribution in [-0.4, -0.2) is 48.7 Å². The summed E-state index contributed by atoms with van der Waals surface area (Å²) in [6.45, 7) is 0.486. The van der Waals surface area contributed by atoms with Crippen LogP contribution in [0.1, 0.15) is 44.1 Å². The number of carbonyl (C=O) groups is 2. The van der Waals surface area contributed by atoms with Crippen LogP contribution < -0.4 is 14.8 Å². The van der Waals surface area contributed by atoms with E-state index >= 15 is 0 Å². The first kappa shape index (κ1) is 20.8. The van der Waals surface area contributed by atoms with Gasteiger partial charge in [-0.05, 0) is 38.2 Å². The van der Waals surface area contributed by atoms with Crippen molar-refractivity contribution in [1.29, 1.82) is 0 Å². The molecule has 1 saturated carbocycles. The Hall–Kier alpha value is -2.45. The molecule has 4 rings (SSSR count). The minimum absolute atomic E-state index is 0.0633. The van der Waals surface area contributed by atoms with Gasteiger partial charge in [0.05, 0.1) is 24.3 Å². The number of likely N-dealkylation sites (N-methyl/N-ethyl adjacent to an activating group) is 1. The zero-order valence-electron chi connectivity index (χ0n) is 16.8. The molecule has 1 saturated heterocycles. The number of benzene rings is 1. The third kappa shape index (κ3) is 4.20. The highest BCUT2D eigenvalue weighted by Gasteiger charge is 2.42. The van der Waals surface area contributed by atoms with Gasteiger partial charge in [-0.15, -0.1) is 0 Å². The van der Waals surface area contributed by atoms with Crippen LogP contribution in [0.25, 0.3) is 0 Å². The molecule has 1 aliphatic carbocycles. The Kier molecular flexibility index (Phi) is 5.55. The number of nitrogens with zero attached hydrogens (tertiary/aromatic N) is 1. The van der Waals surface area contributed by atoms with Crippen LogP contribution in [0.2, 0.25) is 0 Å². The van der Waals surface area contributed by atoms with Crippen LogP contribution in [-0.2, 0) is 16.0 Å². The number of alkyl halides is 3. The summed E-state index contributed by atoms with van der Waals surface area (Å²) in [7, 11) is 1.61. The maximum absolute atomic E-state index is 12.9. The Morgan fingerprint density at radius 2 is 1.90 bits per heavy atom. The maximum Gasteiger partial charge on any atom is 0.391 e. The summed E-state index contributed by atoms with van der Waals surface area (Å²) in [4.78, 5) is 25.9. The molecule has 2 heterocycles. The molecule has 0 bridgehead atoms. The second-order valence-electron chi connectivity index (χ2n) is 8.24. The number of rotatable bonds is 4. The third-order valence-electron chi connectivity index (χ3n) is 6.25. The standard InChI is InChI=1S/C21H25F3N2O4/c1-26-17(6-7-18(26)27)20(28)25-16-11-15(10-12-8-9-29-19(12)16)30-14-4-2-13(3-5-14)21(22,23)24/h10-11,13-14,17H,2-9H2,1H3,(H,25,28)/t13-,14+,17-/m0/s1. The van der Waals surface area contributed by atoms with E-state index in [1.54, 1.807) is 13.1 Å². The number of carbonyl (C=O) groups excluding carboxylic acids is 2. The van der Waals surface area contributed by atoms with Gasteiger partial charge in [0.1, 0.15) is 17.5 Å². The van der Waals surface area contributed by atoms with Crippen molar-refractivity contribution in [3.8, 4) is 11.5 Å². The zero-order chi connectivity index (χ0) is 21.5. The molecule has 0 aromatic heterocycles. The Morgan fingerprint density at radius 1 is 1.17 bits per heavy atom. The van der Waals surface area contributed by atoms with Gasteiger partial charge >= 0.3 is 6.18 Å². The smallest absolute Gasteiger partial charge is 0.391 e. The molecule has 1 aromatic carbocycles. The molecule has 30 heavy (non-hydrogen) atoms. The number of anilines is 1. The van der Waals surface area contributed by atoms with E-state index in [0.29, 0.717) is 55.9 Å². The van der Waals surface area contributed by atoms with Gasteiger partial charge in [0.15, 0.2) is 0 Å². The first-order chi connectivity index (χ1) is 14.2. The highest BCUT2D eigenvalue weighted by atomic mass is 19.4. The number of halogens is 3. The largest absolute Gasteiger partial charge is 0.491 e. The summed E-state index contributed by atoms with van der Waals surface area (Å²) in [5, 5.41) is 2.85. The zero-order valence-corrected chi connectivity index (χ0v) is 16.8. The van der Waals surface area contributed by atoms with Crippen LogP contribution in [0, 0.1) is 5.92 Å². The topological polar surface area (TPSA) is 67.9 Å². The molecule has 3 aliphatic rings. The molecular weight excluding hydrogens is 401 g/mol. The minimum Gasteiger partial charge on any atom is -0.491 e. The summed E-state index contributed by atoms with van der Waals surface area (Å²) >= 11 is 0. The van der Waals surface area contributed by atoms with Gasteiger partial charge in [0, 0.05) is 31.5 Å². The Bertz CT molecular complexity index is 834. The molecule has 2 aliphatic heterocycles. The van der Waals surface area contributed by atoms with Crippen LogP contribution in [0.15, 0.2) is 12.1 Å². The van der Waals surface area contributed by atoms with Gasteiger partial charge in [0.25, 0.3) is 0 Å². The number of hydrogen-bond acceptors (Lipinski definition) is 4. The second kappa shape index (κ2) is 8.00. The Balaban J connectivity index is 1.46. The number of amides is 2. The third-order valence-corrected chi connectivity index (χ3v) is 6.25. The molecule has 2 fully saturated rings. The minimum atomic E-state index is -4.15. The Labute approximate surface area is 172 Å². The molecule has 0 unspecified atom stereocenters. The quantitative estimate of drug-likeness (QED) is 0.798. The summed E-state index contributed by atoms with van der Waals surface area (Å²) in [5.41, 5.74) is 1.37. The lowest BCUT2D eigenvalue weighted by Crippen LogP contribution is -2.38. The lowest BCUT2D eigenvalue weighted by Gasteiger charge is -2.30. The van der Waals surface area contributed by atoms with E-state index in [1.165, 1.54) is 4.90 Å². The van der Waals surface area contributed by atoms with E-state index in [9.17, 15) is 22.8 Å². The number of nitrogens with one attached hydrogen (secondary N) is 1. The van der Waals surface area contributed by atoms with E-state index in [2.05, 4.69) is 5.32 Å². The van der Waals surface area contributed by atoms with E-state index in [1.807, 2.05) is 6.07 Å². The first-order valence-corrected chi connectivity index (χ1v) is 10.3. The summed E-state index contributed by atoms with van der Waals surface area (Å²) in [5.74, 6) is -0.511. The molecule has 9 heteroatoms. The predicted octanol–water partition coefficient (Wildman–Crippen LogP) is 3.68. The predicted molar refractivity (Wildman–Crippen MR) is 102 cm³/mol. The monoisotopic (exact) mass is 426 g/mol. The lowest BCUT2D eigenvalue weighted by atomic mass is 9.87. The van der Waals surface area contributed by atoms with Gasteiger partial charge in [-0.25, -0.2) is 0 Å². The molecule has 0 radical (unpaired) electrons. The molecule has 1 aromatic rings. The number of hydrogen-bond donors (Lipinski definition) is 1. The van der Waals surface area contributed by atoms with Crippen LogP contribution in [0.5, 0.6) is 11.5 Å². The molecular formula is C21H25F3N2O4. The summed E-state index contributed by atoms with van der Waals surface area (Å²) in [6, 6.07) is 2.96. The highest BCUT2D eigenvalue weighted by Crippen LogP contribution is 2.41. The molecule has 2 amide bonds. The summed E-state index contributed by atoms with van der Waals surface area (Å²) < 4.78 is 50.3. The van der Waals surface area contributed by atoms with Gasteiger partial charge < -0.3 is 19.7 Å². The van der Waals surface area contributed by atoms with Gasteiger partial charge in [-0.1, -0.05) is 0 Å². The first-order valence-electron chi connectivity index (χ1n) is 10.3. The van der Waals surface area contributed by atoms with E-state index < -0.39 is 18.1 Å². The van der Waals surface area contributed by atoms with Gasteiger partial charge in [-0.3, -0.25) is 9.59 Å². The van der Waals surface area contributed by atoms with E-state index in [-0.39, 0.29) is 30.8 Å². The number of likely N-dealkylation sites (tertiary alicyclic amines) is 1. The van der Waals surface area contributed by atoms with Crippen molar-refractivity contribution in [2.75, 3.05) is 19.0 Å². The van der Waals surface area contributed by atoms with Crippen molar-refractivity contribution in [1.82, 2.24) is 4.90 Å². The molecule has 1 atom stereocenters. The van der Waals surface area contributed by atoms with Crippen LogP contribution in [0.3, 0.4) is 0 Å². The van der Waals surface area contributed by atoms with Crippen molar-refractivity contribution < 1.29 is 32.2 Å². The van der Waals surface area contributed by atoms with Gasteiger partial charge in [-0.2, -0.15) is 13.2 Å². The van der Waals surface area contributed by atoms with Crippen LogP contribution >= 0.6 is 0 Å². The highest BCUT2D eigenvalue weighted by molar-refractivity contribution is 6.00. The molecule has 0 spiro atoms. The van der Waals surface area contributed by atoms with Crippen molar-refractivity contribution in [2.24, 2.45) is 5.92 Å². The van der Waals surface area contributed by atoms with Crippen molar-refractivity contribution in [3.63, 3.8) is 0 Å². The summed E-state index contributed by atoms with van der Waals surface area (Å²) in [6.07, 6.45) is -2.16.